The summed E-state index contributed by atoms with van der Waals surface area (Å²) >= 11 is 0. The van der Waals surface area contributed by atoms with Crippen LogP contribution in [0.4, 0.5) is 11.4 Å². The lowest BCUT2D eigenvalue weighted by molar-refractivity contribution is 0.101. The summed E-state index contributed by atoms with van der Waals surface area (Å²) in [4.78, 5) is 14.8. The van der Waals surface area contributed by atoms with E-state index in [0.29, 0.717) is 52.5 Å². The van der Waals surface area contributed by atoms with Gasteiger partial charge in [0.05, 0.1) is 5.56 Å². The predicted molar refractivity (Wildman–Crippen MR) is 93.3 cm³/mol. The molecule has 6 heteroatoms. The summed E-state index contributed by atoms with van der Waals surface area (Å²) in [6.45, 7) is 1.14. The number of anilines is 2. The lowest BCUT2D eigenvalue weighted by Crippen LogP contribution is -2.24. The smallest absolute Gasteiger partial charge is 0.196 e. The summed E-state index contributed by atoms with van der Waals surface area (Å²) in [7, 11) is 3.88. The second-order valence-electron chi connectivity index (χ2n) is 6.13. The number of fused-ring (bicyclic) bond motifs is 2. The van der Waals surface area contributed by atoms with Gasteiger partial charge in [0.25, 0.3) is 0 Å². The first-order valence-corrected chi connectivity index (χ1v) is 7.73. The van der Waals surface area contributed by atoms with Gasteiger partial charge in [0.1, 0.15) is 18.5 Å². The molecule has 2 aromatic carbocycles. The van der Waals surface area contributed by atoms with Crippen LogP contribution in [0.25, 0.3) is 0 Å². The maximum atomic E-state index is 12.9. The molecule has 3 rings (SSSR count). The van der Waals surface area contributed by atoms with Gasteiger partial charge in [-0.05, 0) is 32.3 Å². The molecule has 24 heavy (non-hydrogen) atoms. The average Bonchev–Trinajstić information content (AvgIpc) is 2.53. The van der Waals surface area contributed by atoms with Crippen molar-refractivity contribution in [3.8, 4) is 5.75 Å². The third kappa shape index (κ3) is 2.60. The minimum atomic E-state index is -1.05. The van der Waals surface area contributed by atoms with Gasteiger partial charge in [0.15, 0.2) is 5.78 Å². The van der Waals surface area contributed by atoms with Crippen LogP contribution in [0, 0.1) is 0 Å². The van der Waals surface area contributed by atoms with Gasteiger partial charge in [0, 0.05) is 34.6 Å². The van der Waals surface area contributed by atoms with Crippen molar-refractivity contribution >= 4 is 17.2 Å². The number of ether oxygens (including phenoxy) is 1. The molecule has 6 nitrogen and oxygen atoms in total. The summed E-state index contributed by atoms with van der Waals surface area (Å²) in [5, 5.41) is 10.8. The maximum Gasteiger partial charge on any atom is 0.196 e. The summed E-state index contributed by atoms with van der Waals surface area (Å²) in [6, 6.07) is 8.33. The standard InChI is InChI=1S/C18H21N3O3/c1-21(2)8-9-24-13-7-6-12(20)15-16(13)18(23)14-10(17(15)22)4-3-5-11(14)19/h3-7,18,23H,8-9,19-20H2,1-2H3. The number of benzene rings is 2. The molecule has 1 unspecified atom stereocenters. The van der Waals surface area contributed by atoms with Gasteiger partial charge in [-0.25, -0.2) is 0 Å². The number of nitrogens with two attached hydrogens (primary N) is 2. The number of rotatable bonds is 4. The number of aliphatic hydroxyl groups is 1. The highest BCUT2D eigenvalue weighted by Crippen LogP contribution is 2.44. The minimum Gasteiger partial charge on any atom is -0.492 e. The molecule has 0 aliphatic heterocycles. The third-order valence-electron chi connectivity index (χ3n) is 4.19. The van der Waals surface area contributed by atoms with Crippen molar-refractivity contribution in [2.45, 2.75) is 6.10 Å². The maximum absolute atomic E-state index is 12.9. The SMILES string of the molecule is CN(C)CCOc1ccc(N)c2c1C(O)c1c(N)cccc1C2=O. The zero-order valence-electron chi connectivity index (χ0n) is 13.7. The van der Waals surface area contributed by atoms with Crippen LogP contribution in [0.3, 0.4) is 0 Å². The summed E-state index contributed by atoms with van der Waals surface area (Å²) in [5.41, 5.74) is 14.2. The van der Waals surface area contributed by atoms with Gasteiger partial charge in [0.2, 0.25) is 0 Å². The molecule has 1 aliphatic rings. The highest BCUT2D eigenvalue weighted by Gasteiger charge is 2.35. The zero-order valence-corrected chi connectivity index (χ0v) is 13.7. The number of carbonyl (C=O) groups is 1. The molecule has 1 atom stereocenters. The van der Waals surface area contributed by atoms with Gasteiger partial charge in [-0.1, -0.05) is 12.1 Å². The number of aliphatic hydroxyl groups excluding tert-OH is 1. The summed E-state index contributed by atoms with van der Waals surface area (Å²) in [6.07, 6.45) is -1.05. The molecule has 2 aromatic rings. The molecule has 0 bridgehead atoms. The topological polar surface area (TPSA) is 102 Å². The van der Waals surface area contributed by atoms with Crippen LogP contribution in [0.2, 0.25) is 0 Å². The highest BCUT2D eigenvalue weighted by molar-refractivity contribution is 6.16. The fraction of sp³-hybridized carbons (Fsp3) is 0.278. The quantitative estimate of drug-likeness (QED) is 0.734. The van der Waals surface area contributed by atoms with E-state index in [1.807, 2.05) is 19.0 Å². The fourth-order valence-electron chi connectivity index (χ4n) is 2.97. The highest BCUT2D eigenvalue weighted by atomic mass is 16.5. The van der Waals surface area contributed by atoms with E-state index < -0.39 is 6.10 Å². The van der Waals surface area contributed by atoms with Crippen LogP contribution in [0.1, 0.15) is 33.2 Å². The normalized spacial score (nSPS) is 16.0. The van der Waals surface area contributed by atoms with Crippen molar-refractivity contribution < 1.29 is 14.6 Å². The first kappa shape index (κ1) is 16.3. The molecule has 0 spiro atoms. The molecular weight excluding hydrogens is 306 g/mol. The molecule has 5 N–H and O–H groups in total. The number of ketones is 1. The second-order valence-corrected chi connectivity index (χ2v) is 6.13. The Bertz CT molecular complexity index is 802. The van der Waals surface area contributed by atoms with Crippen LogP contribution in [-0.4, -0.2) is 43.0 Å². The molecular formula is C18H21N3O3. The van der Waals surface area contributed by atoms with Crippen LogP contribution < -0.4 is 16.2 Å². The van der Waals surface area contributed by atoms with E-state index >= 15 is 0 Å². The van der Waals surface area contributed by atoms with Crippen molar-refractivity contribution in [1.29, 1.82) is 0 Å². The Hall–Kier alpha value is -2.57. The van der Waals surface area contributed by atoms with Crippen molar-refractivity contribution in [3.63, 3.8) is 0 Å². The largest absolute Gasteiger partial charge is 0.492 e. The molecule has 0 radical (unpaired) electrons. The molecule has 0 heterocycles. The molecule has 126 valence electrons. The second kappa shape index (κ2) is 6.14. The van der Waals surface area contributed by atoms with Crippen molar-refractivity contribution in [2.24, 2.45) is 0 Å². The summed E-state index contributed by atoms with van der Waals surface area (Å²) < 4.78 is 5.79. The number of nitrogens with zero attached hydrogens (tertiary/aromatic N) is 1. The molecule has 0 fully saturated rings. The van der Waals surface area contributed by atoms with Crippen molar-refractivity contribution in [3.05, 3.63) is 52.6 Å². The number of hydrogen-bond acceptors (Lipinski definition) is 6. The number of nitrogen functional groups attached to an aromatic ring is 2. The van der Waals surface area contributed by atoms with Gasteiger partial charge in [-0.3, -0.25) is 4.79 Å². The Morgan fingerprint density at radius 2 is 1.88 bits per heavy atom. The van der Waals surface area contributed by atoms with Crippen LogP contribution >= 0.6 is 0 Å². The number of likely N-dealkylation sites (N-methyl/N-ethyl adjacent to an activating group) is 1. The van der Waals surface area contributed by atoms with Gasteiger partial charge < -0.3 is 26.2 Å². The molecule has 0 aromatic heterocycles. The third-order valence-corrected chi connectivity index (χ3v) is 4.19. The number of carbonyl (C=O) groups excluding carboxylic acids is 1. The van der Waals surface area contributed by atoms with E-state index in [-0.39, 0.29) is 5.78 Å². The van der Waals surface area contributed by atoms with E-state index in [9.17, 15) is 9.90 Å². The molecule has 0 saturated heterocycles. The number of hydrogen-bond donors (Lipinski definition) is 3. The molecule has 0 saturated carbocycles. The van der Waals surface area contributed by atoms with Crippen molar-refractivity contribution in [1.82, 2.24) is 4.90 Å². The Kier molecular flexibility index (Phi) is 4.17. The fourth-order valence-corrected chi connectivity index (χ4v) is 2.97. The van der Waals surface area contributed by atoms with Crippen molar-refractivity contribution in [2.75, 3.05) is 38.7 Å². The Balaban J connectivity index is 2.10. The minimum absolute atomic E-state index is 0.242. The van der Waals surface area contributed by atoms with E-state index in [1.54, 1.807) is 30.3 Å². The Morgan fingerprint density at radius 3 is 2.58 bits per heavy atom. The van der Waals surface area contributed by atoms with E-state index in [1.165, 1.54) is 0 Å². The van der Waals surface area contributed by atoms with Crippen LogP contribution in [-0.2, 0) is 0 Å². The predicted octanol–water partition coefficient (Wildman–Crippen LogP) is 1.42. The lowest BCUT2D eigenvalue weighted by atomic mass is 9.81. The average molecular weight is 327 g/mol. The molecule has 1 aliphatic carbocycles. The van der Waals surface area contributed by atoms with Gasteiger partial charge in [-0.15, -0.1) is 0 Å². The van der Waals surface area contributed by atoms with Gasteiger partial charge in [-0.2, -0.15) is 0 Å². The van der Waals surface area contributed by atoms with Gasteiger partial charge >= 0.3 is 0 Å². The van der Waals surface area contributed by atoms with Crippen LogP contribution in [0.5, 0.6) is 5.75 Å². The van der Waals surface area contributed by atoms with E-state index in [2.05, 4.69) is 0 Å². The van der Waals surface area contributed by atoms with E-state index in [0.717, 1.165) is 0 Å². The van der Waals surface area contributed by atoms with Crippen LogP contribution in [0.15, 0.2) is 30.3 Å². The zero-order chi connectivity index (χ0) is 17.4. The Labute approximate surface area is 140 Å². The molecule has 0 amide bonds. The monoisotopic (exact) mass is 327 g/mol. The Morgan fingerprint density at radius 1 is 1.12 bits per heavy atom. The first-order chi connectivity index (χ1) is 11.4. The first-order valence-electron chi connectivity index (χ1n) is 7.73. The van der Waals surface area contributed by atoms with E-state index in [4.69, 9.17) is 16.2 Å². The lowest BCUT2D eigenvalue weighted by Gasteiger charge is -2.28. The summed E-state index contributed by atoms with van der Waals surface area (Å²) in [5.74, 6) is 0.212.